The molecule has 20 heavy (non-hydrogen) atoms. The number of nitrogens with zero attached hydrogens (tertiary/aromatic N) is 1. The smallest absolute Gasteiger partial charge is 0.240 e. The van der Waals surface area contributed by atoms with Gasteiger partial charge in [0.25, 0.3) is 0 Å². The van der Waals surface area contributed by atoms with Crippen LogP contribution in [0.1, 0.15) is 18.4 Å². The molecule has 0 aromatic heterocycles. The first-order chi connectivity index (χ1) is 9.01. The summed E-state index contributed by atoms with van der Waals surface area (Å²) in [5.41, 5.74) is 6.63. The molecule has 1 saturated carbocycles. The molecule has 1 aromatic carbocycles. The van der Waals surface area contributed by atoms with E-state index < -0.39 is 10.0 Å². The van der Waals surface area contributed by atoms with Crippen LogP contribution in [0, 0.1) is 0 Å². The molecule has 1 aromatic rings. The minimum atomic E-state index is -3.38. The summed E-state index contributed by atoms with van der Waals surface area (Å²) in [6.07, 6.45) is 2.29. The lowest BCUT2D eigenvalue weighted by molar-refractivity contribution is 0.588. The molecule has 1 fully saturated rings. The molecule has 0 unspecified atom stereocenters. The maximum atomic E-state index is 11.5. The van der Waals surface area contributed by atoms with Crippen molar-refractivity contribution in [1.29, 1.82) is 0 Å². The summed E-state index contributed by atoms with van der Waals surface area (Å²) in [4.78, 5) is 4.45. The van der Waals surface area contributed by atoms with E-state index in [2.05, 4.69) is 15.0 Å². The number of nitrogens with one attached hydrogen (secondary N) is 2. The number of sulfonamides is 1. The standard InChI is InChI=1S/C12H18N4O2S.HI/c1-14-19(17,18)11-6-2-9(3-7-11)8-15-12(13)16-10-4-5-10;/h2-3,6-7,10,14H,4-5,8H2,1H3,(H3,13,15,16);1H. The number of halogens is 1. The topological polar surface area (TPSA) is 96.6 Å². The highest BCUT2D eigenvalue weighted by molar-refractivity contribution is 14.0. The molecule has 2 rings (SSSR count). The monoisotopic (exact) mass is 410 g/mol. The first-order valence-electron chi connectivity index (χ1n) is 6.10. The highest BCUT2D eigenvalue weighted by Crippen LogP contribution is 2.18. The van der Waals surface area contributed by atoms with Gasteiger partial charge in [0.15, 0.2) is 5.96 Å². The molecule has 0 radical (unpaired) electrons. The number of aliphatic imine (C=N–C) groups is 1. The van der Waals surface area contributed by atoms with Crippen LogP contribution >= 0.6 is 24.0 Å². The number of rotatable bonds is 5. The first kappa shape index (κ1) is 17.2. The number of hydrogen-bond donors (Lipinski definition) is 3. The molecule has 0 aliphatic heterocycles. The minimum absolute atomic E-state index is 0. The van der Waals surface area contributed by atoms with Crippen LogP contribution < -0.4 is 15.8 Å². The van der Waals surface area contributed by atoms with E-state index in [-0.39, 0.29) is 28.9 Å². The second-order valence-corrected chi connectivity index (χ2v) is 6.36. The Labute approximate surface area is 136 Å². The van der Waals surface area contributed by atoms with Gasteiger partial charge in [0.1, 0.15) is 0 Å². The molecule has 0 amide bonds. The maximum Gasteiger partial charge on any atom is 0.240 e. The Morgan fingerprint density at radius 1 is 1.35 bits per heavy atom. The van der Waals surface area contributed by atoms with Crippen molar-refractivity contribution < 1.29 is 8.42 Å². The van der Waals surface area contributed by atoms with Crippen molar-refractivity contribution in [2.45, 2.75) is 30.3 Å². The molecule has 0 heterocycles. The third kappa shape index (κ3) is 4.91. The SMILES string of the molecule is CNS(=O)(=O)c1ccc(CN=C(N)NC2CC2)cc1.I. The van der Waals surface area contributed by atoms with E-state index >= 15 is 0 Å². The first-order valence-corrected chi connectivity index (χ1v) is 7.58. The van der Waals surface area contributed by atoms with Crippen molar-refractivity contribution in [2.75, 3.05) is 7.05 Å². The van der Waals surface area contributed by atoms with Crippen molar-refractivity contribution in [3.63, 3.8) is 0 Å². The number of hydrogen-bond acceptors (Lipinski definition) is 3. The molecule has 112 valence electrons. The van der Waals surface area contributed by atoms with Crippen molar-refractivity contribution in [1.82, 2.24) is 10.0 Å². The Balaban J connectivity index is 0.00000200. The normalized spacial score (nSPS) is 15.6. The van der Waals surface area contributed by atoms with E-state index in [4.69, 9.17) is 5.73 Å². The van der Waals surface area contributed by atoms with Crippen LogP contribution in [0.4, 0.5) is 0 Å². The molecular formula is C12H19IN4O2S. The predicted octanol–water partition coefficient (Wildman–Crippen LogP) is 0.779. The zero-order valence-electron chi connectivity index (χ0n) is 11.2. The van der Waals surface area contributed by atoms with Gasteiger partial charge in [-0.05, 0) is 37.6 Å². The fraction of sp³-hybridized carbons (Fsp3) is 0.417. The maximum absolute atomic E-state index is 11.5. The van der Waals surface area contributed by atoms with E-state index in [0.717, 1.165) is 18.4 Å². The lowest BCUT2D eigenvalue weighted by Crippen LogP contribution is -2.33. The summed E-state index contributed by atoms with van der Waals surface area (Å²) >= 11 is 0. The molecule has 1 aliphatic rings. The molecule has 0 atom stereocenters. The van der Waals surface area contributed by atoms with Crippen LogP contribution in [-0.2, 0) is 16.6 Å². The summed E-state index contributed by atoms with van der Waals surface area (Å²) in [5, 5.41) is 3.09. The summed E-state index contributed by atoms with van der Waals surface area (Å²) in [6, 6.07) is 7.06. The van der Waals surface area contributed by atoms with E-state index in [0.29, 0.717) is 18.5 Å². The van der Waals surface area contributed by atoms with E-state index in [9.17, 15) is 8.42 Å². The Bertz CT molecular complexity index is 568. The van der Waals surface area contributed by atoms with Crippen LogP contribution in [0.5, 0.6) is 0 Å². The van der Waals surface area contributed by atoms with Gasteiger partial charge in [0.05, 0.1) is 11.4 Å². The summed E-state index contributed by atoms with van der Waals surface area (Å²) in [6.45, 7) is 0.436. The van der Waals surface area contributed by atoms with Crippen LogP contribution in [0.15, 0.2) is 34.2 Å². The largest absolute Gasteiger partial charge is 0.370 e. The van der Waals surface area contributed by atoms with Crippen molar-refractivity contribution >= 4 is 40.0 Å². The van der Waals surface area contributed by atoms with Crippen molar-refractivity contribution in [2.24, 2.45) is 10.7 Å². The highest BCUT2D eigenvalue weighted by Gasteiger charge is 2.21. The number of nitrogens with two attached hydrogens (primary N) is 1. The predicted molar refractivity (Wildman–Crippen MR) is 89.6 cm³/mol. The molecule has 6 nitrogen and oxygen atoms in total. The molecular weight excluding hydrogens is 391 g/mol. The average Bonchev–Trinajstić information content (AvgIpc) is 3.21. The summed E-state index contributed by atoms with van der Waals surface area (Å²) in [7, 11) is -1.99. The zero-order chi connectivity index (χ0) is 13.9. The third-order valence-corrected chi connectivity index (χ3v) is 4.29. The van der Waals surface area contributed by atoms with Gasteiger partial charge >= 0.3 is 0 Å². The minimum Gasteiger partial charge on any atom is -0.370 e. The lowest BCUT2D eigenvalue weighted by Gasteiger charge is -2.05. The van der Waals surface area contributed by atoms with Crippen LogP contribution in [0.2, 0.25) is 0 Å². The number of guanidine groups is 1. The van der Waals surface area contributed by atoms with Gasteiger partial charge in [-0.15, -0.1) is 24.0 Å². The van der Waals surface area contributed by atoms with Crippen molar-refractivity contribution in [3.05, 3.63) is 29.8 Å². The molecule has 8 heteroatoms. The fourth-order valence-corrected chi connectivity index (χ4v) is 2.28. The average molecular weight is 410 g/mol. The van der Waals surface area contributed by atoms with E-state index in [1.165, 1.54) is 7.05 Å². The Morgan fingerprint density at radius 3 is 2.45 bits per heavy atom. The van der Waals surface area contributed by atoms with Crippen LogP contribution in [0.3, 0.4) is 0 Å². The van der Waals surface area contributed by atoms with E-state index in [1.807, 2.05) is 0 Å². The molecule has 0 saturated heterocycles. The van der Waals surface area contributed by atoms with Crippen LogP contribution in [-0.4, -0.2) is 27.5 Å². The van der Waals surface area contributed by atoms with Gasteiger partial charge in [0, 0.05) is 6.04 Å². The van der Waals surface area contributed by atoms with Gasteiger partial charge in [-0.1, -0.05) is 12.1 Å². The lowest BCUT2D eigenvalue weighted by atomic mass is 10.2. The van der Waals surface area contributed by atoms with Gasteiger partial charge in [-0.3, -0.25) is 0 Å². The van der Waals surface area contributed by atoms with E-state index in [1.54, 1.807) is 24.3 Å². The molecule has 0 spiro atoms. The Morgan fingerprint density at radius 2 is 1.95 bits per heavy atom. The van der Waals surface area contributed by atoms with Gasteiger partial charge in [-0.2, -0.15) is 0 Å². The second-order valence-electron chi connectivity index (χ2n) is 4.47. The Hall–Kier alpha value is -0.870. The van der Waals surface area contributed by atoms with Crippen LogP contribution in [0.25, 0.3) is 0 Å². The summed E-state index contributed by atoms with van der Waals surface area (Å²) in [5.74, 6) is 0.439. The third-order valence-electron chi connectivity index (χ3n) is 2.86. The molecule has 0 bridgehead atoms. The molecule has 1 aliphatic carbocycles. The number of benzene rings is 1. The van der Waals surface area contributed by atoms with Crippen molar-refractivity contribution in [3.8, 4) is 0 Å². The van der Waals surface area contributed by atoms with Gasteiger partial charge in [-0.25, -0.2) is 18.1 Å². The van der Waals surface area contributed by atoms with Gasteiger partial charge < -0.3 is 11.1 Å². The second kappa shape index (κ2) is 7.23. The zero-order valence-corrected chi connectivity index (χ0v) is 14.3. The molecule has 4 N–H and O–H groups in total. The fourth-order valence-electron chi connectivity index (χ4n) is 1.55. The van der Waals surface area contributed by atoms with Gasteiger partial charge in [0.2, 0.25) is 10.0 Å². The quantitative estimate of drug-likeness (QED) is 0.380. The highest BCUT2D eigenvalue weighted by atomic mass is 127. The Kier molecular flexibility index (Phi) is 6.21. The summed E-state index contributed by atoms with van der Waals surface area (Å²) < 4.78 is 25.3.